The highest BCUT2D eigenvalue weighted by Crippen LogP contribution is 2.29. The lowest BCUT2D eigenvalue weighted by atomic mass is 9.99. The third-order valence-electron chi connectivity index (χ3n) is 2.66. The Bertz CT molecular complexity index is 676. The SMILES string of the molecule is CC(=O)c1cc2ccccc2c(C(=O)O)c1I=O. The number of aromatic carboxylic acids is 1. The van der Waals surface area contributed by atoms with Gasteiger partial charge in [-0.05, 0) is 23.8 Å². The van der Waals surface area contributed by atoms with Crippen molar-refractivity contribution in [3.8, 4) is 0 Å². The van der Waals surface area contributed by atoms with Crippen molar-refractivity contribution in [3.63, 3.8) is 0 Å². The van der Waals surface area contributed by atoms with Crippen molar-refractivity contribution in [2.75, 3.05) is 0 Å². The number of ketones is 1. The maximum atomic E-state index is 11.5. The molecule has 0 aliphatic heterocycles. The van der Waals surface area contributed by atoms with E-state index in [1.165, 1.54) is 6.92 Å². The normalized spacial score (nSPS) is 10.5. The number of rotatable bonds is 3. The number of halogens is 1. The first-order valence-electron chi connectivity index (χ1n) is 5.13. The predicted molar refractivity (Wildman–Crippen MR) is 74.3 cm³/mol. The Balaban J connectivity index is 3.01. The molecule has 5 heteroatoms. The van der Waals surface area contributed by atoms with Crippen molar-refractivity contribution < 1.29 is 17.8 Å². The van der Waals surface area contributed by atoms with E-state index in [0.717, 1.165) is 0 Å². The fraction of sp³-hybridized carbons (Fsp3) is 0.0769. The second kappa shape index (κ2) is 4.93. The van der Waals surface area contributed by atoms with Crippen molar-refractivity contribution in [2.24, 2.45) is 0 Å². The van der Waals surface area contributed by atoms with Crippen LogP contribution >= 0.6 is 21.2 Å². The van der Waals surface area contributed by atoms with Crippen LogP contribution in [0.3, 0.4) is 0 Å². The first-order valence-corrected chi connectivity index (χ1v) is 7.09. The van der Waals surface area contributed by atoms with Crippen molar-refractivity contribution >= 4 is 43.7 Å². The number of carboxylic acid groups (broad SMARTS) is 1. The number of hydrogen-bond acceptors (Lipinski definition) is 3. The van der Waals surface area contributed by atoms with Gasteiger partial charge in [0.2, 0.25) is 0 Å². The Morgan fingerprint density at radius 1 is 1.22 bits per heavy atom. The summed E-state index contributed by atoms with van der Waals surface area (Å²) in [5.41, 5.74) is 0.231. The van der Waals surface area contributed by atoms with Crippen LogP contribution in [-0.4, -0.2) is 16.9 Å². The van der Waals surface area contributed by atoms with Gasteiger partial charge in [-0.2, -0.15) is 0 Å². The van der Waals surface area contributed by atoms with E-state index in [-0.39, 0.29) is 20.5 Å². The Kier molecular flexibility index (Phi) is 3.51. The Morgan fingerprint density at radius 2 is 1.89 bits per heavy atom. The standard InChI is InChI=1S/C13H9IO4/c1-7(15)10-6-8-4-2-3-5-9(8)11(13(16)17)12(10)14-18/h2-6H,1H3,(H,16,17). The summed E-state index contributed by atoms with van der Waals surface area (Å²) in [5.74, 6) is -1.42. The largest absolute Gasteiger partial charge is 0.478 e. The second-order valence-electron chi connectivity index (χ2n) is 3.77. The summed E-state index contributed by atoms with van der Waals surface area (Å²) in [7, 11) is 0. The molecule has 0 bridgehead atoms. The molecule has 2 rings (SSSR count). The number of carbonyl (C=O) groups is 2. The molecule has 92 valence electrons. The molecule has 0 atom stereocenters. The highest BCUT2D eigenvalue weighted by Gasteiger charge is 2.20. The molecular weight excluding hydrogens is 347 g/mol. The van der Waals surface area contributed by atoms with E-state index in [4.69, 9.17) is 0 Å². The highest BCUT2D eigenvalue weighted by atomic mass is 127. The summed E-state index contributed by atoms with van der Waals surface area (Å²) in [4.78, 5) is 22.9. The maximum Gasteiger partial charge on any atom is 0.337 e. The molecular formula is C13H9IO4. The zero-order valence-electron chi connectivity index (χ0n) is 9.44. The van der Waals surface area contributed by atoms with Gasteiger partial charge in [-0.3, -0.25) is 7.86 Å². The van der Waals surface area contributed by atoms with Gasteiger partial charge in [-0.1, -0.05) is 24.3 Å². The average Bonchev–Trinajstić information content (AvgIpc) is 2.35. The fourth-order valence-corrected chi connectivity index (χ4v) is 3.38. The maximum absolute atomic E-state index is 11.5. The third kappa shape index (κ3) is 2.05. The average molecular weight is 356 g/mol. The Hall–Kier alpha value is -1.63. The summed E-state index contributed by atoms with van der Waals surface area (Å²) >= 11 is -1.73. The zero-order chi connectivity index (χ0) is 13.3. The van der Waals surface area contributed by atoms with Crippen molar-refractivity contribution in [3.05, 3.63) is 45.0 Å². The van der Waals surface area contributed by atoms with Crippen molar-refractivity contribution in [1.29, 1.82) is 0 Å². The molecule has 0 unspecified atom stereocenters. The molecule has 2 aromatic carbocycles. The lowest BCUT2D eigenvalue weighted by Gasteiger charge is -2.08. The summed E-state index contributed by atoms with van der Waals surface area (Å²) < 4.78 is 11.5. The number of hydrogen-bond donors (Lipinski definition) is 1. The van der Waals surface area contributed by atoms with Gasteiger partial charge < -0.3 is 5.11 Å². The minimum Gasteiger partial charge on any atom is -0.478 e. The zero-order valence-corrected chi connectivity index (χ0v) is 11.6. The number of Topliss-reactive ketones (excluding diaryl/α,β-unsaturated/α-hetero) is 1. The van der Waals surface area contributed by atoms with Crippen LogP contribution in [-0.2, 0) is 3.07 Å². The van der Waals surface area contributed by atoms with E-state index in [1.54, 1.807) is 30.3 Å². The number of fused-ring (bicyclic) bond motifs is 1. The van der Waals surface area contributed by atoms with E-state index in [0.29, 0.717) is 10.8 Å². The summed E-state index contributed by atoms with van der Waals surface area (Å²) in [6, 6.07) is 8.49. The van der Waals surface area contributed by atoms with Gasteiger partial charge in [-0.15, -0.1) is 0 Å². The first-order chi connectivity index (χ1) is 8.56. The molecule has 0 fully saturated rings. The first kappa shape index (κ1) is 12.8. The van der Waals surface area contributed by atoms with Gasteiger partial charge in [0.05, 0.1) is 9.13 Å². The van der Waals surface area contributed by atoms with Crippen LogP contribution in [0, 0.1) is 3.57 Å². The van der Waals surface area contributed by atoms with E-state index in [2.05, 4.69) is 0 Å². The molecule has 1 N–H and O–H groups in total. The molecule has 0 amide bonds. The van der Waals surface area contributed by atoms with Gasteiger partial charge in [0, 0.05) is 5.56 Å². The number of carboxylic acids is 1. The molecule has 4 nitrogen and oxygen atoms in total. The smallest absolute Gasteiger partial charge is 0.337 e. The lowest BCUT2D eigenvalue weighted by Crippen LogP contribution is -2.07. The van der Waals surface area contributed by atoms with Crippen LogP contribution < -0.4 is 0 Å². The molecule has 0 spiro atoms. The van der Waals surface area contributed by atoms with Gasteiger partial charge in [0.25, 0.3) is 0 Å². The van der Waals surface area contributed by atoms with E-state index in [9.17, 15) is 17.8 Å². The van der Waals surface area contributed by atoms with Crippen LogP contribution in [0.25, 0.3) is 10.8 Å². The molecule has 0 aromatic heterocycles. The van der Waals surface area contributed by atoms with Gasteiger partial charge in [0.15, 0.2) is 27.0 Å². The molecule has 0 aliphatic rings. The van der Waals surface area contributed by atoms with E-state index in [1.807, 2.05) is 0 Å². The molecule has 0 heterocycles. The monoisotopic (exact) mass is 356 g/mol. The van der Waals surface area contributed by atoms with Crippen LogP contribution in [0.4, 0.5) is 0 Å². The molecule has 18 heavy (non-hydrogen) atoms. The van der Waals surface area contributed by atoms with Gasteiger partial charge in [-0.25, -0.2) is 4.79 Å². The van der Waals surface area contributed by atoms with Gasteiger partial charge >= 0.3 is 5.97 Å². The lowest BCUT2D eigenvalue weighted by molar-refractivity contribution is 0.0698. The Labute approximate surface area is 113 Å². The fourth-order valence-electron chi connectivity index (χ4n) is 1.87. The molecule has 0 saturated carbocycles. The van der Waals surface area contributed by atoms with E-state index >= 15 is 0 Å². The summed E-state index contributed by atoms with van der Waals surface area (Å²) in [6.07, 6.45) is 0. The Morgan fingerprint density at radius 3 is 2.44 bits per heavy atom. The van der Waals surface area contributed by atoms with Crippen molar-refractivity contribution in [1.82, 2.24) is 0 Å². The van der Waals surface area contributed by atoms with Crippen LogP contribution in [0.1, 0.15) is 27.6 Å². The van der Waals surface area contributed by atoms with Crippen LogP contribution in [0.5, 0.6) is 0 Å². The number of benzene rings is 2. The van der Waals surface area contributed by atoms with Gasteiger partial charge in [0.1, 0.15) is 0 Å². The topological polar surface area (TPSA) is 71.4 Å². The third-order valence-corrected chi connectivity index (χ3v) is 4.22. The summed E-state index contributed by atoms with van der Waals surface area (Å²) in [5, 5.41) is 10.5. The highest BCUT2D eigenvalue weighted by molar-refractivity contribution is 14.1. The molecule has 0 saturated heterocycles. The number of carbonyl (C=O) groups excluding carboxylic acids is 1. The van der Waals surface area contributed by atoms with Crippen LogP contribution in [0.2, 0.25) is 0 Å². The van der Waals surface area contributed by atoms with Crippen LogP contribution in [0.15, 0.2) is 30.3 Å². The molecule has 0 radical (unpaired) electrons. The minimum atomic E-state index is -1.73. The minimum absolute atomic E-state index is 0.0129. The quantitative estimate of drug-likeness (QED) is 0.677. The predicted octanol–water partition coefficient (Wildman–Crippen LogP) is 3.23. The molecule has 2 aromatic rings. The van der Waals surface area contributed by atoms with E-state index < -0.39 is 27.2 Å². The second-order valence-corrected chi connectivity index (χ2v) is 5.29. The molecule has 0 aliphatic carbocycles. The van der Waals surface area contributed by atoms with Crippen molar-refractivity contribution in [2.45, 2.75) is 6.92 Å². The summed E-state index contributed by atoms with van der Waals surface area (Å²) in [6.45, 7) is 1.35.